The number of aromatic nitrogens is 1. The molecule has 104 valence electrons. The van der Waals surface area contributed by atoms with E-state index in [1.54, 1.807) is 28.9 Å². The number of thiazole rings is 1. The maximum atomic E-state index is 6.05. The van der Waals surface area contributed by atoms with E-state index >= 15 is 0 Å². The molecule has 3 aromatic rings. The molecule has 3 rings (SSSR count). The van der Waals surface area contributed by atoms with Gasteiger partial charge in [0.05, 0.1) is 16.6 Å². The van der Waals surface area contributed by atoms with Crippen molar-refractivity contribution in [3.8, 4) is 0 Å². The Kier molecular flexibility index (Phi) is 4.21. The molecule has 3 nitrogen and oxygen atoms in total. The fourth-order valence-corrected chi connectivity index (χ4v) is 3.80. The zero-order valence-electron chi connectivity index (χ0n) is 10.7. The molecule has 2 atom stereocenters. The number of furan rings is 1. The third-order valence-electron chi connectivity index (χ3n) is 2.94. The van der Waals surface area contributed by atoms with Gasteiger partial charge in [0.15, 0.2) is 0 Å². The zero-order chi connectivity index (χ0) is 13.9. The molecule has 3 heterocycles. The topological polar surface area (TPSA) is 38.1 Å². The second kappa shape index (κ2) is 6.10. The molecule has 0 aliphatic carbocycles. The van der Waals surface area contributed by atoms with Crippen LogP contribution in [0.3, 0.4) is 0 Å². The summed E-state index contributed by atoms with van der Waals surface area (Å²) in [5.74, 6) is 0.881. The lowest BCUT2D eigenvalue weighted by molar-refractivity contribution is 0.422. The van der Waals surface area contributed by atoms with Crippen LogP contribution in [0.25, 0.3) is 0 Å². The monoisotopic (exact) mass is 324 g/mol. The van der Waals surface area contributed by atoms with Gasteiger partial charge in [0.1, 0.15) is 16.8 Å². The number of rotatable bonds is 5. The molecule has 3 aromatic heterocycles. The number of nitrogens with zero attached hydrogens (tertiary/aromatic N) is 1. The first-order valence-electron chi connectivity index (χ1n) is 6.18. The van der Waals surface area contributed by atoms with Gasteiger partial charge in [-0.25, -0.2) is 4.98 Å². The Balaban J connectivity index is 1.87. The first-order valence-corrected chi connectivity index (χ1v) is 8.25. The summed E-state index contributed by atoms with van der Waals surface area (Å²) in [6.45, 7) is 2.10. The molecule has 1 N–H and O–H groups in total. The van der Waals surface area contributed by atoms with E-state index in [0.29, 0.717) is 0 Å². The minimum Gasteiger partial charge on any atom is -0.467 e. The van der Waals surface area contributed by atoms with Crippen LogP contribution in [0.2, 0.25) is 4.34 Å². The van der Waals surface area contributed by atoms with Crippen molar-refractivity contribution in [3.05, 3.63) is 62.1 Å². The van der Waals surface area contributed by atoms with E-state index in [2.05, 4.69) is 17.2 Å². The molecule has 0 bridgehead atoms. The van der Waals surface area contributed by atoms with Gasteiger partial charge in [0.2, 0.25) is 0 Å². The molecular formula is C14H13ClN2OS2. The minimum absolute atomic E-state index is 0.0126. The minimum atomic E-state index is -0.0126. The third kappa shape index (κ3) is 2.96. The lowest BCUT2D eigenvalue weighted by atomic mass is 10.1. The standard InChI is InChI=1S/C14H13ClN2OS2/c1-9(14-16-6-8-19-14)17-13(10-3-2-7-18-10)11-4-5-12(15)20-11/h2-9,13,17H,1H3. The van der Waals surface area contributed by atoms with Gasteiger partial charge in [0.25, 0.3) is 0 Å². The Morgan fingerprint density at radius 2 is 2.25 bits per heavy atom. The summed E-state index contributed by atoms with van der Waals surface area (Å²) in [4.78, 5) is 5.48. The molecule has 0 amide bonds. The average Bonchev–Trinajstić information content (AvgIpc) is 3.17. The number of halogens is 1. The van der Waals surface area contributed by atoms with Crippen LogP contribution in [-0.4, -0.2) is 4.98 Å². The van der Waals surface area contributed by atoms with Gasteiger partial charge in [-0.2, -0.15) is 0 Å². The van der Waals surface area contributed by atoms with Crippen molar-refractivity contribution in [1.82, 2.24) is 10.3 Å². The SMILES string of the molecule is CC(NC(c1ccco1)c1ccc(Cl)s1)c1nccs1. The molecular weight excluding hydrogens is 312 g/mol. The third-order valence-corrected chi connectivity index (χ3v) is 5.20. The highest BCUT2D eigenvalue weighted by Crippen LogP contribution is 2.33. The number of nitrogens with one attached hydrogen (secondary N) is 1. The normalized spacial score (nSPS) is 14.3. The summed E-state index contributed by atoms with van der Waals surface area (Å²) >= 11 is 9.25. The van der Waals surface area contributed by atoms with E-state index in [4.69, 9.17) is 16.0 Å². The van der Waals surface area contributed by atoms with E-state index in [1.807, 2.05) is 35.8 Å². The lowest BCUT2D eigenvalue weighted by Gasteiger charge is -2.19. The molecule has 0 aliphatic heterocycles. The second-order valence-electron chi connectivity index (χ2n) is 4.35. The first-order chi connectivity index (χ1) is 9.74. The van der Waals surface area contributed by atoms with E-state index in [1.165, 1.54) is 0 Å². The molecule has 0 spiro atoms. The number of hydrogen-bond donors (Lipinski definition) is 1. The van der Waals surface area contributed by atoms with Gasteiger partial charge in [-0.15, -0.1) is 22.7 Å². The van der Waals surface area contributed by atoms with E-state index in [0.717, 1.165) is 20.0 Å². The van der Waals surface area contributed by atoms with Gasteiger partial charge < -0.3 is 4.42 Å². The fourth-order valence-electron chi connectivity index (χ4n) is 2.01. The highest BCUT2D eigenvalue weighted by Gasteiger charge is 2.22. The quantitative estimate of drug-likeness (QED) is 0.726. The van der Waals surface area contributed by atoms with Crippen LogP contribution in [-0.2, 0) is 0 Å². The molecule has 0 aromatic carbocycles. The Morgan fingerprint density at radius 3 is 2.85 bits per heavy atom. The average molecular weight is 325 g/mol. The van der Waals surface area contributed by atoms with Crippen molar-refractivity contribution >= 4 is 34.3 Å². The zero-order valence-corrected chi connectivity index (χ0v) is 13.1. The van der Waals surface area contributed by atoms with Gasteiger partial charge in [-0.05, 0) is 31.2 Å². The van der Waals surface area contributed by atoms with Crippen LogP contribution in [0, 0.1) is 0 Å². The number of thiophene rings is 1. The van der Waals surface area contributed by atoms with E-state index in [9.17, 15) is 0 Å². The predicted molar refractivity (Wildman–Crippen MR) is 83.5 cm³/mol. The molecule has 0 saturated carbocycles. The molecule has 0 radical (unpaired) electrons. The summed E-state index contributed by atoms with van der Waals surface area (Å²) in [7, 11) is 0. The summed E-state index contributed by atoms with van der Waals surface area (Å²) in [5.41, 5.74) is 0. The van der Waals surface area contributed by atoms with Crippen LogP contribution >= 0.6 is 34.3 Å². The maximum absolute atomic E-state index is 6.05. The largest absolute Gasteiger partial charge is 0.467 e. The van der Waals surface area contributed by atoms with Crippen LogP contribution in [0.4, 0.5) is 0 Å². The highest BCUT2D eigenvalue weighted by atomic mass is 35.5. The predicted octanol–water partition coefficient (Wildman–Crippen LogP) is 4.89. The van der Waals surface area contributed by atoms with Crippen molar-refractivity contribution in [1.29, 1.82) is 0 Å². The molecule has 0 saturated heterocycles. The molecule has 2 unspecified atom stereocenters. The van der Waals surface area contributed by atoms with Crippen molar-refractivity contribution in [2.75, 3.05) is 0 Å². The fraction of sp³-hybridized carbons (Fsp3) is 0.214. The first kappa shape index (κ1) is 13.8. The van der Waals surface area contributed by atoms with E-state index < -0.39 is 0 Å². The van der Waals surface area contributed by atoms with Crippen LogP contribution in [0.15, 0.2) is 46.5 Å². The smallest absolute Gasteiger partial charge is 0.126 e. The van der Waals surface area contributed by atoms with Crippen molar-refractivity contribution in [2.45, 2.75) is 19.0 Å². The lowest BCUT2D eigenvalue weighted by Crippen LogP contribution is -2.24. The molecule has 0 fully saturated rings. The van der Waals surface area contributed by atoms with Crippen LogP contribution in [0.5, 0.6) is 0 Å². The van der Waals surface area contributed by atoms with Crippen molar-refractivity contribution in [3.63, 3.8) is 0 Å². The van der Waals surface area contributed by atoms with Gasteiger partial charge in [-0.1, -0.05) is 11.6 Å². The highest BCUT2D eigenvalue weighted by molar-refractivity contribution is 7.16. The van der Waals surface area contributed by atoms with Gasteiger partial charge in [-0.3, -0.25) is 5.32 Å². The van der Waals surface area contributed by atoms with Crippen LogP contribution in [0.1, 0.15) is 34.7 Å². The Bertz CT molecular complexity index is 649. The van der Waals surface area contributed by atoms with Gasteiger partial charge in [0, 0.05) is 16.5 Å². The second-order valence-corrected chi connectivity index (χ2v) is 7.02. The summed E-state index contributed by atoms with van der Waals surface area (Å²) in [6, 6.07) is 7.94. The summed E-state index contributed by atoms with van der Waals surface area (Å²) in [5, 5.41) is 6.60. The number of hydrogen-bond acceptors (Lipinski definition) is 5. The molecule has 20 heavy (non-hydrogen) atoms. The molecule has 0 aliphatic rings. The Hall–Kier alpha value is -1.14. The Labute approximate surface area is 130 Å². The van der Waals surface area contributed by atoms with Crippen LogP contribution < -0.4 is 5.32 Å². The summed E-state index contributed by atoms with van der Waals surface area (Å²) in [6.07, 6.45) is 3.51. The maximum Gasteiger partial charge on any atom is 0.126 e. The van der Waals surface area contributed by atoms with Crippen molar-refractivity contribution < 1.29 is 4.42 Å². The van der Waals surface area contributed by atoms with Gasteiger partial charge >= 0.3 is 0 Å². The van der Waals surface area contributed by atoms with Crippen molar-refractivity contribution in [2.24, 2.45) is 0 Å². The van der Waals surface area contributed by atoms with E-state index in [-0.39, 0.29) is 12.1 Å². The summed E-state index contributed by atoms with van der Waals surface area (Å²) < 4.78 is 6.34. The Morgan fingerprint density at radius 1 is 1.35 bits per heavy atom. The molecule has 6 heteroatoms.